The molecule has 0 saturated heterocycles. The highest BCUT2D eigenvalue weighted by Gasteiger charge is 2.20. The molecule has 0 radical (unpaired) electrons. The van der Waals surface area contributed by atoms with E-state index in [2.05, 4.69) is 169 Å². The van der Waals surface area contributed by atoms with E-state index in [1.165, 1.54) is 53.3 Å². The van der Waals surface area contributed by atoms with Gasteiger partial charge in [-0.2, -0.15) is 0 Å². The number of thiophene rings is 1. The molecular formula is C46H29NOS. The first kappa shape index (κ1) is 27.9. The Hall–Kier alpha value is -6.16. The van der Waals surface area contributed by atoms with Crippen LogP contribution in [0.3, 0.4) is 0 Å². The van der Waals surface area contributed by atoms with Gasteiger partial charge >= 0.3 is 0 Å². The number of hydrogen-bond donors (Lipinski definition) is 0. The van der Waals surface area contributed by atoms with Crippen LogP contribution in [-0.2, 0) is 0 Å². The molecule has 0 unspecified atom stereocenters. The summed E-state index contributed by atoms with van der Waals surface area (Å²) in [5, 5.41) is 7.37. The van der Waals surface area contributed by atoms with Gasteiger partial charge in [0.2, 0.25) is 0 Å². The SMILES string of the molecule is c1cc(-c2cccc3ccccc23)cc(N(c2ccc(-c3cccc4oc5ccccc5c34)cc2)c2cccc3c2sc2ccccc23)c1. The monoisotopic (exact) mass is 643 g/mol. The summed E-state index contributed by atoms with van der Waals surface area (Å²) in [6.45, 7) is 0. The average molecular weight is 644 g/mol. The molecule has 2 nitrogen and oxygen atoms in total. The Bertz CT molecular complexity index is 2840. The van der Waals surface area contributed by atoms with E-state index in [-0.39, 0.29) is 0 Å². The van der Waals surface area contributed by atoms with Crippen LogP contribution in [-0.4, -0.2) is 0 Å². The molecule has 0 spiro atoms. The van der Waals surface area contributed by atoms with Gasteiger partial charge in [-0.25, -0.2) is 0 Å². The lowest BCUT2D eigenvalue weighted by Gasteiger charge is -2.27. The van der Waals surface area contributed by atoms with Crippen LogP contribution < -0.4 is 4.90 Å². The van der Waals surface area contributed by atoms with Crippen LogP contribution in [0, 0.1) is 0 Å². The van der Waals surface area contributed by atoms with Gasteiger partial charge < -0.3 is 9.32 Å². The second-order valence-corrected chi connectivity index (χ2v) is 13.5. The third-order valence-electron chi connectivity index (χ3n) is 9.67. The van der Waals surface area contributed by atoms with Crippen molar-refractivity contribution in [3.05, 3.63) is 176 Å². The number of hydrogen-bond acceptors (Lipinski definition) is 3. The fraction of sp³-hybridized carbons (Fsp3) is 0. The molecule has 0 aliphatic carbocycles. The molecule has 2 heterocycles. The van der Waals surface area contributed by atoms with Crippen molar-refractivity contribution in [3.8, 4) is 22.3 Å². The fourth-order valence-corrected chi connectivity index (χ4v) is 8.64. The number of para-hydroxylation sites is 1. The van der Waals surface area contributed by atoms with E-state index in [1.807, 2.05) is 23.5 Å². The molecule has 0 amide bonds. The van der Waals surface area contributed by atoms with Crippen LogP contribution >= 0.6 is 11.3 Å². The Morgan fingerprint density at radius 2 is 1.10 bits per heavy atom. The Kier molecular flexibility index (Phi) is 6.39. The maximum Gasteiger partial charge on any atom is 0.136 e. The smallest absolute Gasteiger partial charge is 0.136 e. The standard InChI is InChI=1S/C46H29NOS/c1-2-15-35-30(11-1)12-8-18-36(35)32-13-7-14-34(29-32)47(41-21-9-20-39-38-16-4-6-24-44(38)49-46(39)41)33-27-25-31(26-28-33)37-19-10-23-43-45(37)40-17-3-5-22-42(40)48-43/h1-29H. The van der Waals surface area contributed by atoms with Crippen LogP contribution in [0.25, 0.3) is 75.1 Å². The van der Waals surface area contributed by atoms with Crippen molar-refractivity contribution in [1.29, 1.82) is 0 Å². The second-order valence-electron chi connectivity index (χ2n) is 12.5. The van der Waals surface area contributed by atoms with Crippen LogP contribution in [0.1, 0.15) is 0 Å². The first-order valence-electron chi connectivity index (χ1n) is 16.6. The molecule has 49 heavy (non-hydrogen) atoms. The summed E-state index contributed by atoms with van der Waals surface area (Å²) < 4.78 is 8.80. The minimum Gasteiger partial charge on any atom is -0.456 e. The molecule has 230 valence electrons. The molecule has 10 rings (SSSR count). The molecule has 0 atom stereocenters. The zero-order chi connectivity index (χ0) is 32.3. The third-order valence-corrected chi connectivity index (χ3v) is 10.9. The Morgan fingerprint density at radius 3 is 2.02 bits per heavy atom. The van der Waals surface area contributed by atoms with E-state index in [0.29, 0.717) is 0 Å². The van der Waals surface area contributed by atoms with Gasteiger partial charge in [0.15, 0.2) is 0 Å². The number of anilines is 3. The molecule has 0 N–H and O–H groups in total. The van der Waals surface area contributed by atoms with E-state index >= 15 is 0 Å². The summed E-state index contributed by atoms with van der Waals surface area (Å²) in [5.74, 6) is 0. The topological polar surface area (TPSA) is 16.4 Å². The summed E-state index contributed by atoms with van der Waals surface area (Å²) in [6, 6.07) is 63.3. The lowest BCUT2D eigenvalue weighted by Crippen LogP contribution is -2.10. The van der Waals surface area contributed by atoms with Crippen LogP contribution in [0.2, 0.25) is 0 Å². The quantitative estimate of drug-likeness (QED) is 0.186. The average Bonchev–Trinajstić information content (AvgIpc) is 3.74. The Labute approximate surface area is 287 Å². The van der Waals surface area contributed by atoms with E-state index in [9.17, 15) is 0 Å². The van der Waals surface area contributed by atoms with Crippen molar-refractivity contribution in [2.24, 2.45) is 0 Å². The number of fused-ring (bicyclic) bond motifs is 7. The van der Waals surface area contributed by atoms with Crippen molar-refractivity contribution in [2.75, 3.05) is 4.90 Å². The summed E-state index contributed by atoms with van der Waals surface area (Å²) >= 11 is 1.86. The maximum absolute atomic E-state index is 6.23. The molecule has 0 fully saturated rings. The highest BCUT2D eigenvalue weighted by molar-refractivity contribution is 7.26. The van der Waals surface area contributed by atoms with Crippen LogP contribution in [0.15, 0.2) is 180 Å². The molecule has 0 aliphatic heterocycles. The minimum atomic E-state index is 0.908. The van der Waals surface area contributed by atoms with Crippen LogP contribution in [0.5, 0.6) is 0 Å². The Balaban J connectivity index is 1.17. The van der Waals surface area contributed by atoms with Gasteiger partial charge in [0.1, 0.15) is 11.2 Å². The summed E-state index contributed by atoms with van der Waals surface area (Å²) in [6.07, 6.45) is 0. The van der Waals surface area contributed by atoms with Gasteiger partial charge in [-0.1, -0.05) is 127 Å². The summed E-state index contributed by atoms with van der Waals surface area (Å²) in [7, 11) is 0. The Morgan fingerprint density at radius 1 is 0.429 bits per heavy atom. The summed E-state index contributed by atoms with van der Waals surface area (Å²) in [5.41, 5.74) is 9.97. The first-order chi connectivity index (χ1) is 24.3. The van der Waals surface area contributed by atoms with Crippen molar-refractivity contribution < 1.29 is 4.42 Å². The lowest BCUT2D eigenvalue weighted by atomic mass is 9.97. The van der Waals surface area contributed by atoms with Gasteiger partial charge in [-0.3, -0.25) is 0 Å². The molecule has 10 aromatic rings. The minimum absolute atomic E-state index is 0.908. The lowest BCUT2D eigenvalue weighted by molar-refractivity contribution is 0.669. The zero-order valence-corrected chi connectivity index (χ0v) is 27.3. The van der Waals surface area contributed by atoms with E-state index in [0.717, 1.165) is 38.9 Å². The van der Waals surface area contributed by atoms with Crippen molar-refractivity contribution >= 4 is 81.3 Å². The van der Waals surface area contributed by atoms with E-state index in [4.69, 9.17) is 4.42 Å². The predicted molar refractivity (Wildman–Crippen MR) is 210 cm³/mol. The van der Waals surface area contributed by atoms with E-state index < -0.39 is 0 Å². The van der Waals surface area contributed by atoms with Crippen molar-refractivity contribution in [3.63, 3.8) is 0 Å². The molecular weight excluding hydrogens is 615 g/mol. The molecule has 0 saturated carbocycles. The van der Waals surface area contributed by atoms with Crippen molar-refractivity contribution in [1.82, 2.24) is 0 Å². The van der Waals surface area contributed by atoms with Gasteiger partial charge in [-0.05, 0) is 81.6 Å². The first-order valence-corrected chi connectivity index (χ1v) is 17.4. The van der Waals surface area contributed by atoms with Crippen molar-refractivity contribution in [2.45, 2.75) is 0 Å². The third kappa shape index (κ3) is 4.55. The largest absolute Gasteiger partial charge is 0.456 e. The number of furan rings is 1. The molecule has 0 aliphatic rings. The second kappa shape index (κ2) is 11.2. The molecule has 8 aromatic carbocycles. The highest BCUT2D eigenvalue weighted by Crippen LogP contribution is 2.46. The number of nitrogens with zero attached hydrogens (tertiary/aromatic N) is 1. The van der Waals surface area contributed by atoms with Gasteiger partial charge in [-0.15, -0.1) is 11.3 Å². The normalized spacial score (nSPS) is 11.7. The zero-order valence-electron chi connectivity index (χ0n) is 26.5. The molecule has 3 heteroatoms. The maximum atomic E-state index is 6.23. The fourth-order valence-electron chi connectivity index (χ4n) is 7.43. The predicted octanol–water partition coefficient (Wildman–Crippen LogP) is 13.9. The highest BCUT2D eigenvalue weighted by atomic mass is 32.1. The van der Waals surface area contributed by atoms with E-state index in [1.54, 1.807) is 0 Å². The van der Waals surface area contributed by atoms with Gasteiger partial charge in [0.25, 0.3) is 0 Å². The van der Waals surface area contributed by atoms with Gasteiger partial charge in [0, 0.05) is 37.6 Å². The summed E-state index contributed by atoms with van der Waals surface area (Å²) in [4.78, 5) is 2.42. The number of rotatable bonds is 5. The molecule has 0 bridgehead atoms. The molecule has 2 aromatic heterocycles. The number of benzene rings is 8. The van der Waals surface area contributed by atoms with Crippen LogP contribution in [0.4, 0.5) is 17.1 Å². The van der Waals surface area contributed by atoms with Gasteiger partial charge in [0.05, 0.1) is 10.4 Å².